The monoisotopic (exact) mass is 263 g/mol. The Bertz CT molecular complexity index is 425. The summed E-state index contributed by atoms with van der Waals surface area (Å²) in [6.07, 6.45) is 2.49. The van der Waals surface area contributed by atoms with Crippen LogP contribution in [-0.4, -0.2) is 44.3 Å². The Hall–Kier alpha value is -1.39. The summed E-state index contributed by atoms with van der Waals surface area (Å²) in [5.74, 6) is -0.262. The molecule has 0 amide bonds. The highest BCUT2D eigenvalue weighted by atomic mass is 16.5. The predicted molar refractivity (Wildman–Crippen MR) is 73.1 cm³/mol. The quantitative estimate of drug-likeness (QED) is 0.780. The summed E-state index contributed by atoms with van der Waals surface area (Å²) in [6, 6.07) is 7.65. The lowest BCUT2D eigenvalue weighted by molar-refractivity contribution is 0.0385. The zero-order valence-corrected chi connectivity index (χ0v) is 11.6. The number of carbonyl (C=O) groups is 1. The van der Waals surface area contributed by atoms with Crippen molar-refractivity contribution in [2.45, 2.75) is 25.5 Å². The van der Waals surface area contributed by atoms with Gasteiger partial charge in [-0.25, -0.2) is 4.79 Å². The summed E-state index contributed by atoms with van der Waals surface area (Å²) < 4.78 is 10.2. The Morgan fingerprint density at radius 1 is 1.26 bits per heavy atom. The maximum Gasteiger partial charge on any atom is 0.338 e. The average Bonchev–Trinajstić information content (AvgIpc) is 2.48. The first kappa shape index (κ1) is 14.0. The molecule has 19 heavy (non-hydrogen) atoms. The van der Waals surface area contributed by atoms with Crippen molar-refractivity contribution >= 4 is 5.97 Å². The average molecular weight is 263 g/mol. The molecule has 0 aliphatic carbocycles. The van der Waals surface area contributed by atoms with E-state index >= 15 is 0 Å². The number of likely N-dealkylation sites (tertiary alicyclic amines) is 1. The summed E-state index contributed by atoms with van der Waals surface area (Å²) in [6.45, 7) is 2.81. The largest absolute Gasteiger partial charge is 0.465 e. The lowest BCUT2D eigenvalue weighted by Crippen LogP contribution is -2.36. The van der Waals surface area contributed by atoms with E-state index in [9.17, 15) is 4.79 Å². The topological polar surface area (TPSA) is 38.8 Å². The van der Waals surface area contributed by atoms with Crippen LogP contribution in [0.3, 0.4) is 0 Å². The van der Waals surface area contributed by atoms with E-state index in [4.69, 9.17) is 9.47 Å². The van der Waals surface area contributed by atoms with Crippen LogP contribution in [0.2, 0.25) is 0 Å². The van der Waals surface area contributed by atoms with Gasteiger partial charge in [0.2, 0.25) is 0 Å². The SMILES string of the molecule is COC(=O)c1ccccc1CN1CCC(OC)CC1. The van der Waals surface area contributed by atoms with Crippen LogP contribution in [0.15, 0.2) is 24.3 Å². The molecule has 0 atom stereocenters. The molecule has 1 heterocycles. The summed E-state index contributed by atoms with van der Waals surface area (Å²) in [5.41, 5.74) is 1.70. The van der Waals surface area contributed by atoms with Gasteiger partial charge in [-0.2, -0.15) is 0 Å². The summed E-state index contributed by atoms with van der Waals surface area (Å²) in [5, 5.41) is 0. The zero-order valence-electron chi connectivity index (χ0n) is 11.6. The molecule has 4 heteroatoms. The van der Waals surface area contributed by atoms with Gasteiger partial charge in [0.05, 0.1) is 18.8 Å². The van der Waals surface area contributed by atoms with Gasteiger partial charge in [-0.05, 0) is 24.5 Å². The highest BCUT2D eigenvalue weighted by Gasteiger charge is 2.20. The molecule has 1 aliphatic heterocycles. The molecule has 1 fully saturated rings. The number of nitrogens with zero attached hydrogens (tertiary/aromatic N) is 1. The highest BCUT2D eigenvalue weighted by Crippen LogP contribution is 2.18. The maximum atomic E-state index is 11.7. The van der Waals surface area contributed by atoms with Gasteiger partial charge in [0.1, 0.15) is 0 Å². The van der Waals surface area contributed by atoms with Crippen LogP contribution in [-0.2, 0) is 16.0 Å². The molecule has 2 rings (SSSR count). The van der Waals surface area contributed by atoms with E-state index in [0.29, 0.717) is 11.7 Å². The number of carbonyl (C=O) groups excluding carboxylic acids is 1. The molecule has 104 valence electrons. The van der Waals surface area contributed by atoms with Crippen molar-refractivity contribution in [3.05, 3.63) is 35.4 Å². The van der Waals surface area contributed by atoms with Crippen molar-refractivity contribution in [1.29, 1.82) is 0 Å². The zero-order chi connectivity index (χ0) is 13.7. The van der Waals surface area contributed by atoms with E-state index in [1.165, 1.54) is 7.11 Å². The number of rotatable bonds is 4. The number of esters is 1. The van der Waals surface area contributed by atoms with Crippen LogP contribution in [0.25, 0.3) is 0 Å². The molecule has 1 aromatic carbocycles. The number of piperidine rings is 1. The number of ether oxygens (including phenoxy) is 2. The van der Waals surface area contributed by atoms with Gasteiger partial charge in [0.15, 0.2) is 0 Å². The second-order valence-electron chi connectivity index (χ2n) is 4.86. The first-order valence-corrected chi connectivity index (χ1v) is 6.66. The molecule has 0 N–H and O–H groups in total. The first-order valence-electron chi connectivity index (χ1n) is 6.66. The van der Waals surface area contributed by atoms with Crippen molar-refractivity contribution in [1.82, 2.24) is 4.90 Å². The minimum Gasteiger partial charge on any atom is -0.465 e. The second kappa shape index (κ2) is 6.68. The number of hydrogen-bond acceptors (Lipinski definition) is 4. The minimum atomic E-state index is -0.262. The van der Waals surface area contributed by atoms with E-state index in [1.54, 1.807) is 7.11 Å². The Kier molecular flexibility index (Phi) is 4.93. The minimum absolute atomic E-state index is 0.262. The Balaban J connectivity index is 2.01. The smallest absolute Gasteiger partial charge is 0.338 e. The van der Waals surface area contributed by atoms with E-state index in [2.05, 4.69) is 4.90 Å². The van der Waals surface area contributed by atoms with E-state index in [1.807, 2.05) is 24.3 Å². The number of methoxy groups -OCH3 is 2. The van der Waals surface area contributed by atoms with E-state index in [0.717, 1.165) is 38.0 Å². The van der Waals surface area contributed by atoms with Crippen molar-refractivity contribution in [2.24, 2.45) is 0 Å². The molecule has 1 saturated heterocycles. The second-order valence-corrected chi connectivity index (χ2v) is 4.86. The molecule has 4 nitrogen and oxygen atoms in total. The van der Waals surface area contributed by atoms with Crippen LogP contribution in [0.1, 0.15) is 28.8 Å². The first-order chi connectivity index (χ1) is 9.24. The third-order valence-electron chi connectivity index (χ3n) is 3.68. The fourth-order valence-corrected chi connectivity index (χ4v) is 2.51. The molecule has 0 bridgehead atoms. The standard InChI is InChI=1S/C15H21NO3/c1-18-13-7-9-16(10-8-13)11-12-5-3-4-6-14(12)15(17)19-2/h3-6,13H,7-11H2,1-2H3. The van der Waals surface area contributed by atoms with Crippen molar-refractivity contribution < 1.29 is 14.3 Å². The molecule has 0 saturated carbocycles. The highest BCUT2D eigenvalue weighted by molar-refractivity contribution is 5.90. The normalized spacial score (nSPS) is 17.4. The van der Waals surface area contributed by atoms with Gasteiger partial charge in [0.25, 0.3) is 0 Å². The molecule has 0 aromatic heterocycles. The Labute approximate surface area is 114 Å². The van der Waals surface area contributed by atoms with Gasteiger partial charge in [-0.3, -0.25) is 4.90 Å². The lowest BCUT2D eigenvalue weighted by Gasteiger charge is -2.31. The molecule has 0 radical (unpaired) electrons. The van der Waals surface area contributed by atoms with Gasteiger partial charge in [0, 0.05) is 26.7 Å². The van der Waals surface area contributed by atoms with E-state index in [-0.39, 0.29) is 5.97 Å². The van der Waals surface area contributed by atoms with Crippen molar-refractivity contribution in [3.63, 3.8) is 0 Å². The molecular formula is C15H21NO3. The molecule has 0 unspecified atom stereocenters. The third-order valence-corrected chi connectivity index (χ3v) is 3.68. The fourth-order valence-electron chi connectivity index (χ4n) is 2.51. The summed E-state index contributed by atoms with van der Waals surface area (Å²) in [4.78, 5) is 14.1. The van der Waals surface area contributed by atoms with Crippen LogP contribution < -0.4 is 0 Å². The van der Waals surface area contributed by atoms with Crippen molar-refractivity contribution in [3.8, 4) is 0 Å². The van der Waals surface area contributed by atoms with E-state index < -0.39 is 0 Å². The van der Waals surface area contributed by atoms with Crippen LogP contribution >= 0.6 is 0 Å². The van der Waals surface area contributed by atoms with Crippen LogP contribution in [0.4, 0.5) is 0 Å². The van der Waals surface area contributed by atoms with Gasteiger partial charge in [-0.15, -0.1) is 0 Å². The fraction of sp³-hybridized carbons (Fsp3) is 0.533. The van der Waals surface area contributed by atoms with Gasteiger partial charge < -0.3 is 9.47 Å². The third kappa shape index (κ3) is 3.55. The molecule has 0 spiro atoms. The molecular weight excluding hydrogens is 242 g/mol. The summed E-state index contributed by atoms with van der Waals surface area (Å²) >= 11 is 0. The Morgan fingerprint density at radius 2 is 1.95 bits per heavy atom. The lowest BCUT2D eigenvalue weighted by atomic mass is 10.0. The molecule has 1 aromatic rings. The number of benzene rings is 1. The van der Waals surface area contributed by atoms with Crippen LogP contribution in [0.5, 0.6) is 0 Å². The predicted octanol–water partition coefficient (Wildman–Crippen LogP) is 2.08. The molecule has 1 aliphatic rings. The van der Waals surface area contributed by atoms with Gasteiger partial charge >= 0.3 is 5.97 Å². The Morgan fingerprint density at radius 3 is 2.58 bits per heavy atom. The number of hydrogen-bond donors (Lipinski definition) is 0. The maximum absolute atomic E-state index is 11.7. The van der Waals surface area contributed by atoms with Crippen LogP contribution in [0, 0.1) is 0 Å². The van der Waals surface area contributed by atoms with Crippen molar-refractivity contribution in [2.75, 3.05) is 27.3 Å². The van der Waals surface area contributed by atoms with Gasteiger partial charge in [-0.1, -0.05) is 18.2 Å². The summed E-state index contributed by atoms with van der Waals surface area (Å²) in [7, 11) is 3.19.